The average molecular weight is 519 g/mol. The lowest BCUT2D eigenvalue weighted by molar-refractivity contribution is 0.0929. The van der Waals surface area contributed by atoms with Gasteiger partial charge in [-0.05, 0) is 60.7 Å². The summed E-state index contributed by atoms with van der Waals surface area (Å²) in [7, 11) is 3.10. The molecule has 0 atom stereocenters. The molecule has 0 spiro atoms. The van der Waals surface area contributed by atoms with Crippen LogP contribution in [0.5, 0.6) is 0 Å². The van der Waals surface area contributed by atoms with Gasteiger partial charge in [0.2, 0.25) is 0 Å². The Bertz CT molecular complexity index is 1180. The smallest absolute Gasteiger partial charge is 0.255 e. The number of carbonyl (C=O) groups excluding carboxylic acids is 4. The normalized spacial score (nSPS) is 10.4. The van der Waals surface area contributed by atoms with E-state index in [4.69, 9.17) is 9.47 Å². The molecule has 10 heteroatoms. The van der Waals surface area contributed by atoms with Crippen LogP contribution in [0, 0.1) is 0 Å². The van der Waals surface area contributed by atoms with E-state index in [0.29, 0.717) is 59.9 Å². The molecular formula is C28H30N4O6. The van der Waals surface area contributed by atoms with E-state index < -0.39 is 0 Å². The Hall–Kier alpha value is -4.54. The Morgan fingerprint density at radius 1 is 0.553 bits per heavy atom. The number of ether oxygens (including phenoxy) is 2. The summed E-state index contributed by atoms with van der Waals surface area (Å²) in [5.41, 5.74) is 2.41. The van der Waals surface area contributed by atoms with Crippen molar-refractivity contribution in [2.75, 3.05) is 51.2 Å². The van der Waals surface area contributed by atoms with Crippen LogP contribution in [-0.4, -0.2) is 64.2 Å². The van der Waals surface area contributed by atoms with Crippen LogP contribution >= 0.6 is 0 Å². The van der Waals surface area contributed by atoms with E-state index in [1.54, 1.807) is 62.8 Å². The highest BCUT2D eigenvalue weighted by molar-refractivity contribution is 6.08. The second-order valence-electron chi connectivity index (χ2n) is 8.14. The molecule has 0 unspecified atom stereocenters. The average Bonchev–Trinajstić information content (AvgIpc) is 2.93. The van der Waals surface area contributed by atoms with E-state index in [1.807, 2.05) is 0 Å². The number of anilines is 2. The Kier molecular flexibility index (Phi) is 10.5. The van der Waals surface area contributed by atoms with Crippen molar-refractivity contribution >= 4 is 35.0 Å². The SMILES string of the molecule is COCCNC(=O)c1cccc(NC(=O)c2ccc(C(=O)Nc3cccc(C(=O)NCCOC)c3)cc2)c1. The maximum atomic E-state index is 12.7. The predicted octanol–water partition coefficient (Wildman–Crippen LogP) is 2.94. The first-order valence-corrected chi connectivity index (χ1v) is 11.9. The first-order valence-electron chi connectivity index (χ1n) is 11.9. The van der Waals surface area contributed by atoms with Gasteiger partial charge in [-0.1, -0.05) is 12.1 Å². The third kappa shape index (κ3) is 8.26. The van der Waals surface area contributed by atoms with Crippen molar-refractivity contribution in [1.29, 1.82) is 0 Å². The van der Waals surface area contributed by atoms with Crippen molar-refractivity contribution in [2.45, 2.75) is 0 Å². The Balaban J connectivity index is 1.59. The fourth-order valence-electron chi connectivity index (χ4n) is 3.39. The van der Waals surface area contributed by atoms with Crippen LogP contribution in [-0.2, 0) is 9.47 Å². The highest BCUT2D eigenvalue weighted by Gasteiger charge is 2.12. The Labute approximate surface area is 220 Å². The van der Waals surface area contributed by atoms with Gasteiger partial charge in [0.15, 0.2) is 0 Å². The number of hydrogen-bond donors (Lipinski definition) is 4. The number of hydrogen-bond acceptors (Lipinski definition) is 6. The highest BCUT2D eigenvalue weighted by Crippen LogP contribution is 2.15. The van der Waals surface area contributed by atoms with Crippen molar-refractivity contribution < 1.29 is 28.7 Å². The Morgan fingerprint density at radius 3 is 1.32 bits per heavy atom. The first kappa shape index (κ1) is 28.0. The van der Waals surface area contributed by atoms with Crippen LogP contribution in [0.4, 0.5) is 11.4 Å². The minimum Gasteiger partial charge on any atom is -0.383 e. The summed E-state index contributed by atoms with van der Waals surface area (Å²) in [6, 6.07) is 19.3. The minimum atomic E-state index is -0.388. The second-order valence-corrected chi connectivity index (χ2v) is 8.14. The molecule has 0 aliphatic carbocycles. The van der Waals surface area contributed by atoms with E-state index in [1.165, 1.54) is 24.3 Å². The summed E-state index contributed by atoms with van der Waals surface area (Å²) in [5, 5.41) is 11.0. The van der Waals surface area contributed by atoms with E-state index in [9.17, 15) is 19.2 Å². The molecule has 0 saturated heterocycles. The van der Waals surface area contributed by atoms with E-state index in [2.05, 4.69) is 21.3 Å². The summed E-state index contributed by atoms with van der Waals surface area (Å²) >= 11 is 0. The Morgan fingerprint density at radius 2 is 0.947 bits per heavy atom. The van der Waals surface area contributed by atoms with E-state index >= 15 is 0 Å². The molecule has 38 heavy (non-hydrogen) atoms. The molecule has 0 aromatic heterocycles. The third-order valence-corrected chi connectivity index (χ3v) is 5.36. The largest absolute Gasteiger partial charge is 0.383 e. The molecule has 0 heterocycles. The molecule has 0 radical (unpaired) electrons. The lowest BCUT2D eigenvalue weighted by Crippen LogP contribution is -2.27. The standard InChI is InChI=1S/C28H30N4O6/c1-37-15-13-29-25(33)21-5-3-7-23(17-21)31-27(35)19-9-11-20(12-10-19)28(36)32-24-8-4-6-22(18-24)26(34)30-14-16-38-2/h3-12,17-18H,13-16H2,1-2H3,(H,29,33)(H,30,34)(H,31,35)(H,32,36). The topological polar surface area (TPSA) is 135 Å². The van der Waals surface area contributed by atoms with Gasteiger partial charge < -0.3 is 30.7 Å². The second kappa shape index (κ2) is 14.3. The first-order chi connectivity index (χ1) is 18.4. The number of nitrogens with one attached hydrogen (secondary N) is 4. The molecule has 198 valence electrons. The van der Waals surface area contributed by atoms with Crippen LogP contribution in [0.3, 0.4) is 0 Å². The number of benzene rings is 3. The predicted molar refractivity (Wildman–Crippen MR) is 144 cm³/mol. The van der Waals surface area contributed by atoms with Crippen LogP contribution in [0.2, 0.25) is 0 Å². The molecular weight excluding hydrogens is 488 g/mol. The third-order valence-electron chi connectivity index (χ3n) is 5.36. The molecule has 0 fully saturated rings. The molecule has 3 aromatic carbocycles. The summed E-state index contributed by atoms with van der Waals surface area (Å²) in [5.74, 6) is -1.32. The van der Waals surface area contributed by atoms with Gasteiger partial charge in [0.05, 0.1) is 13.2 Å². The fraction of sp³-hybridized carbons (Fsp3) is 0.214. The van der Waals surface area contributed by atoms with Crippen LogP contribution in [0.25, 0.3) is 0 Å². The summed E-state index contributed by atoms with van der Waals surface area (Å²) in [6.07, 6.45) is 0. The summed E-state index contributed by atoms with van der Waals surface area (Å²) < 4.78 is 9.84. The molecule has 10 nitrogen and oxygen atoms in total. The maximum Gasteiger partial charge on any atom is 0.255 e. The zero-order valence-electron chi connectivity index (χ0n) is 21.2. The number of rotatable bonds is 12. The molecule has 3 aromatic rings. The van der Waals surface area contributed by atoms with Crippen LogP contribution < -0.4 is 21.3 Å². The summed E-state index contributed by atoms with van der Waals surface area (Å²) in [6.45, 7) is 1.55. The van der Waals surface area contributed by atoms with E-state index in [0.717, 1.165) is 0 Å². The van der Waals surface area contributed by atoms with Gasteiger partial charge in [0, 0.05) is 60.9 Å². The zero-order valence-corrected chi connectivity index (χ0v) is 21.2. The molecule has 0 saturated carbocycles. The van der Waals surface area contributed by atoms with Gasteiger partial charge in [0.25, 0.3) is 23.6 Å². The fourth-order valence-corrected chi connectivity index (χ4v) is 3.39. The molecule has 4 amide bonds. The molecule has 3 rings (SSSR count). The number of amides is 4. The van der Waals surface area contributed by atoms with Gasteiger partial charge in [-0.15, -0.1) is 0 Å². The van der Waals surface area contributed by atoms with Gasteiger partial charge in [0.1, 0.15) is 0 Å². The monoisotopic (exact) mass is 518 g/mol. The minimum absolute atomic E-state index is 0.272. The van der Waals surface area contributed by atoms with Crippen molar-refractivity contribution in [3.05, 3.63) is 95.1 Å². The zero-order chi connectivity index (χ0) is 27.3. The molecule has 0 aliphatic rings. The van der Waals surface area contributed by atoms with Gasteiger partial charge in [-0.3, -0.25) is 19.2 Å². The number of carbonyl (C=O) groups is 4. The number of methoxy groups -OCH3 is 2. The molecule has 0 bridgehead atoms. The van der Waals surface area contributed by atoms with Gasteiger partial charge in [-0.2, -0.15) is 0 Å². The van der Waals surface area contributed by atoms with Crippen molar-refractivity contribution in [2.24, 2.45) is 0 Å². The lowest BCUT2D eigenvalue weighted by atomic mass is 10.1. The van der Waals surface area contributed by atoms with Crippen LogP contribution in [0.1, 0.15) is 41.4 Å². The van der Waals surface area contributed by atoms with Gasteiger partial charge in [-0.25, -0.2) is 0 Å². The lowest BCUT2D eigenvalue weighted by Gasteiger charge is -2.10. The summed E-state index contributed by atoms with van der Waals surface area (Å²) in [4.78, 5) is 49.8. The van der Waals surface area contributed by atoms with Gasteiger partial charge >= 0.3 is 0 Å². The highest BCUT2D eigenvalue weighted by atomic mass is 16.5. The van der Waals surface area contributed by atoms with Crippen molar-refractivity contribution in [3.8, 4) is 0 Å². The van der Waals surface area contributed by atoms with E-state index in [-0.39, 0.29) is 23.6 Å². The molecule has 4 N–H and O–H groups in total. The van der Waals surface area contributed by atoms with Crippen molar-refractivity contribution in [1.82, 2.24) is 10.6 Å². The maximum absolute atomic E-state index is 12.7. The van der Waals surface area contributed by atoms with Crippen molar-refractivity contribution in [3.63, 3.8) is 0 Å². The van der Waals surface area contributed by atoms with Crippen LogP contribution in [0.15, 0.2) is 72.8 Å². The quantitative estimate of drug-likeness (QED) is 0.272. The molecule has 0 aliphatic heterocycles.